The van der Waals surface area contributed by atoms with Gasteiger partial charge >= 0.3 is 5.97 Å². The van der Waals surface area contributed by atoms with Crippen LogP contribution in [0.3, 0.4) is 0 Å². The first kappa shape index (κ1) is 11.0. The zero-order valence-electron chi connectivity index (χ0n) is 9.52. The SMILES string of the molecule is CCNc1nc2ccc3[nH]nc(C(=O)O)c3c2s1. The number of aromatic amines is 1. The molecular formula is C11H10N4O2S. The van der Waals surface area contributed by atoms with Crippen molar-refractivity contribution >= 4 is 43.6 Å². The predicted molar refractivity (Wildman–Crippen MR) is 70.4 cm³/mol. The fourth-order valence-electron chi connectivity index (χ4n) is 1.87. The van der Waals surface area contributed by atoms with Crippen LogP contribution in [-0.4, -0.2) is 32.8 Å². The third kappa shape index (κ3) is 1.52. The Morgan fingerprint density at radius 3 is 3.11 bits per heavy atom. The van der Waals surface area contributed by atoms with Crippen LogP contribution in [0.2, 0.25) is 0 Å². The topological polar surface area (TPSA) is 90.9 Å². The van der Waals surface area contributed by atoms with E-state index in [1.807, 2.05) is 13.0 Å². The van der Waals surface area contributed by atoms with E-state index in [1.165, 1.54) is 11.3 Å². The second-order valence-corrected chi connectivity index (χ2v) is 4.76. The van der Waals surface area contributed by atoms with Gasteiger partial charge in [-0.3, -0.25) is 5.10 Å². The number of carbonyl (C=O) groups is 1. The van der Waals surface area contributed by atoms with Gasteiger partial charge in [-0.1, -0.05) is 11.3 Å². The molecule has 2 heterocycles. The number of rotatable bonds is 3. The van der Waals surface area contributed by atoms with Crippen LogP contribution < -0.4 is 5.32 Å². The Morgan fingerprint density at radius 1 is 1.56 bits per heavy atom. The molecule has 0 aliphatic rings. The maximum Gasteiger partial charge on any atom is 0.357 e. The summed E-state index contributed by atoms with van der Waals surface area (Å²) in [5, 5.41) is 20.2. The summed E-state index contributed by atoms with van der Waals surface area (Å²) in [6.07, 6.45) is 0. The number of thiazole rings is 1. The van der Waals surface area contributed by atoms with Gasteiger partial charge in [-0.05, 0) is 19.1 Å². The maximum absolute atomic E-state index is 11.1. The minimum absolute atomic E-state index is 0.0438. The highest BCUT2D eigenvalue weighted by atomic mass is 32.1. The summed E-state index contributed by atoms with van der Waals surface area (Å²) >= 11 is 1.44. The molecule has 0 saturated carbocycles. The number of carboxylic acids is 1. The molecule has 3 aromatic rings. The van der Waals surface area contributed by atoms with Crippen molar-refractivity contribution in [3.63, 3.8) is 0 Å². The molecule has 0 unspecified atom stereocenters. The second-order valence-electron chi connectivity index (χ2n) is 3.76. The lowest BCUT2D eigenvalue weighted by Crippen LogP contribution is -1.96. The molecule has 92 valence electrons. The first-order valence-electron chi connectivity index (χ1n) is 5.45. The van der Waals surface area contributed by atoms with Gasteiger partial charge in [0.05, 0.1) is 21.1 Å². The van der Waals surface area contributed by atoms with Gasteiger partial charge in [0, 0.05) is 6.54 Å². The molecule has 3 rings (SSSR count). The van der Waals surface area contributed by atoms with Crippen LogP contribution in [0.5, 0.6) is 0 Å². The summed E-state index contributed by atoms with van der Waals surface area (Å²) in [4.78, 5) is 15.5. The molecule has 18 heavy (non-hydrogen) atoms. The molecule has 2 aromatic heterocycles. The van der Waals surface area contributed by atoms with E-state index in [0.717, 1.165) is 21.9 Å². The molecule has 3 N–H and O–H groups in total. The van der Waals surface area contributed by atoms with Crippen LogP contribution >= 0.6 is 11.3 Å². The average Bonchev–Trinajstić information content (AvgIpc) is 2.90. The van der Waals surface area contributed by atoms with E-state index >= 15 is 0 Å². The summed E-state index contributed by atoms with van der Waals surface area (Å²) in [6.45, 7) is 2.77. The molecule has 7 heteroatoms. The van der Waals surface area contributed by atoms with Crippen molar-refractivity contribution in [2.45, 2.75) is 6.92 Å². The Morgan fingerprint density at radius 2 is 2.39 bits per heavy atom. The Balaban J connectivity index is 2.35. The lowest BCUT2D eigenvalue weighted by atomic mass is 10.2. The lowest BCUT2D eigenvalue weighted by molar-refractivity contribution is 0.0692. The molecule has 0 saturated heterocycles. The molecule has 0 aliphatic carbocycles. The van der Waals surface area contributed by atoms with Gasteiger partial charge in [-0.25, -0.2) is 9.78 Å². The van der Waals surface area contributed by atoms with Crippen molar-refractivity contribution in [1.29, 1.82) is 0 Å². The minimum atomic E-state index is -1.04. The molecule has 0 fully saturated rings. The monoisotopic (exact) mass is 262 g/mol. The van der Waals surface area contributed by atoms with Crippen LogP contribution in [0, 0.1) is 0 Å². The molecule has 0 spiro atoms. The molecular weight excluding hydrogens is 252 g/mol. The number of hydrogen-bond donors (Lipinski definition) is 3. The van der Waals surface area contributed by atoms with Crippen molar-refractivity contribution in [2.24, 2.45) is 0 Å². The van der Waals surface area contributed by atoms with Gasteiger partial charge in [0.15, 0.2) is 10.8 Å². The number of nitrogens with one attached hydrogen (secondary N) is 2. The Labute approximate surface area is 106 Å². The Kier molecular flexibility index (Phi) is 2.41. The Hall–Kier alpha value is -2.15. The van der Waals surface area contributed by atoms with Crippen molar-refractivity contribution in [1.82, 2.24) is 15.2 Å². The van der Waals surface area contributed by atoms with Crippen molar-refractivity contribution in [3.05, 3.63) is 17.8 Å². The van der Waals surface area contributed by atoms with Gasteiger partial charge in [-0.2, -0.15) is 5.10 Å². The summed E-state index contributed by atoms with van der Waals surface area (Å²) in [5.41, 5.74) is 1.54. The van der Waals surface area contributed by atoms with Gasteiger partial charge in [0.2, 0.25) is 0 Å². The summed E-state index contributed by atoms with van der Waals surface area (Å²) in [5.74, 6) is -1.04. The number of H-pyrrole nitrogens is 1. The third-order valence-corrected chi connectivity index (χ3v) is 3.66. The van der Waals surface area contributed by atoms with E-state index < -0.39 is 5.97 Å². The van der Waals surface area contributed by atoms with E-state index in [1.54, 1.807) is 6.07 Å². The molecule has 1 aromatic carbocycles. The second kappa shape index (κ2) is 3.95. The summed E-state index contributed by atoms with van der Waals surface area (Å²) < 4.78 is 0.842. The number of anilines is 1. The van der Waals surface area contributed by atoms with Crippen LogP contribution in [0.1, 0.15) is 17.4 Å². The number of fused-ring (bicyclic) bond motifs is 3. The largest absolute Gasteiger partial charge is 0.476 e. The van der Waals surface area contributed by atoms with E-state index in [-0.39, 0.29) is 5.69 Å². The van der Waals surface area contributed by atoms with Crippen LogP contribution in [0.15, 0.2) is 12.1 Å². The number of aromatic nitrogens is 3. The Bertz CT molecular complexity index is 746. The first-order valence-corrected chi connectivity index (χ1v) is 6.27. The normalized spacial score (nSPS) is 11.2. The first-order chi connectivity index (χ1) is 8.70. The predicted octanol–water partition coefficient (Wildman–Crippen LogP) is 2.30. The molecule has 0 bridgehead atoms. The number of hydrogen-bond acceptors (Lipinski definition) is 5. The fourth-order valence-corrected chi connectivity index (χ4v) is 2.95. The van der Waals surface area contributed by atoms with Gasteiger partial charge in [-0.15, -0.1) is 0 Å². The molecule has 0 amide bonds. The third-order valence-electron chi connectivity index (χ3n) is 2.61. The smallest absolute Gasteiger partial charge is 0.357 e. The number of carboxylic acid groups (broad SMARTS) is 1. The van der Waals surface area contributed by atoms with Crippen LogP contribution in [0.4, 0.5) is 5.13 Å². The number of aromatic carboxylic acids is 1. The van der Waals surface area contributed by atoms with Crippen LogP contribution in [-0.2, 0) is 0 Å². The molecule has 0 atom stereocenters. The highest BCUT2D eigenvalue weighted by molar-refractivity contribution is 7.23. The van der Waals surface area contributed by atoms with E-state index in [4.69, 9.17) is 5.11 Å². The maximum atomic E-state index is 11.1. The van der Waals surface area contributed by atoms with Gasteiger partial charge in [0.25, 0.3) is 0 Å². The number of nitrogens with zero attached hydrogens (tertiary/aromatic N) is 2. The molecule has 6 nitrogen and oxygen atoms in total. The summed E-state index contributed by atoms with van der Waals surface area (Å²) in [7, 11) is 0. The van der Waals surface area contributed by atoms with Crippen molar-refractivity contribution in [2.75, 3.05) is 11.9 Å². The molecule has 0 aliphatic heterocycles. The van der Waals surface area contributed by atoms with E-state index in [2.05, 4.69) is 20.5 Å². The fraction of sp³-hybridized carbons (Fsp3) is 0.182. The lowest BCUT2D eigenvalue weighted by Gasteiger charge is -1.92. The van der Waals surface area contributed by atoms with E-state index in [0.29, 0.717) is 10.9 Å². The van der Waals surface area contributed by atoms with E-state index in [9.17, 15) is 4.79 Å². The number of benzene rings is 1. The zero-order valence-corrected chi connectivity index (χ0v) is 10.3. The van der Waals surface area contributed by atoms with Gasteiger partial charge in [0.1, 0.15) is 0 Å². The minimum Gasteiger partial charge on any atom is -0.476 e. The average molecular weight is 262 g/mol. The zero-order chi connectivity index (χ0) is 12.7. The van der Waals surface area contributed by atoms with Crippen molar-refractivity contribution < 1.29 is 9.90 Å². The standard InChI is InChI=1S/C11H10N4O2S/c1-2-12-11-13-6-4-3-5-7(9(6)18-11)8(10(16)17)15-14-5/h3-4H,2H2,1H3,(H,12,13)(H,14,15)(H,16,17). The molecule has 0 radical (unpaired) electrons. The quantitative estimate of drug-likeness (QED) is 0.673. The van der Waals surface area contributed by atoms with Crippen LogP contribution in [0.25, 0.3) is 21.1 Å². The highest BCUT2D eigenvalue weighted by Crippen LogP contribution is 2.33. The van der Waals surface area contributed by atoms with Gasteiger partial charge < -0.3 is 10.4 Å². The highest BCUT2D eigenvalue weighted by Gasteiger charge is 2.17. The summed E-state index contributed by atoms with van der Waals surface area (Å²) in [6, 6.07) is 3.66. The van der Waals surface area contributed by atoms with Crippen molar-refractivity contribution in [3.8, 4) is 0 Å².